The van der Waals surface area contributed by atoms with Gasteiger partial charge < -0.3 is 5.32 Å². The molecule has 76 valence electrons. The number of amides is 1. The molecule has 0 atom stereocenters. The Morgan fingerprint density at radius 3 is 2.86 bits per heavy atom. The third-order valence-electron chi connectivity index (χ3n) is 1.67. The number of alkyl halides is 1. The molecule has 2 nitrogen and oxygen atoms in total. The lowest BCUT2D eigenvalue weighted by atomic mass is 10.1. The predicted molar refractivity (Wildman–Crippen MR) is 64.6 cm³/mol. The van der Waals surface area contributed by atoms with Crippen LogP contribution in [0.2, 0.25) is 0 Å². The topological polar surface area (TPSA) is 29.1 Å². The summed E-state index contributed by atoms with van der Waals surface area (Å²) in [5.74, 6) is 0.0579. The highest BCUT2D eigenvalue weighted by molar-refractivity contribution is 9.10. The number of rotatable bonds is 4. The Kier molecular flexibility index (Phi) is 5.19. The number of hydrogen-bond donors (Lipinski definition) is 1. The first-order valence-corrected chi connectivity index (χ1v) is 6.21. The van der Waals surface area contributed by atoms with E-state index in [1.165, 1.54) is 0 Å². The average Bonchev–Trinajstić information content (AvgIpc) is 2.15. The Balaban J connectivity index is 2.47. The van der Waals surface area contributed by atoms with Crippen LogP contribution in [0.25, 0.3) is 0 Å². The summed E-state index contributed by atoms with van der Waals surface area (Å²) in [5, 5.41) is 3.59. The maximum atomic E-state index is 11.3. The van der Waals surface area contributed by atoms with Crippen LogP contribution in [-0.2, 0) is 11.2 Å². The fourth-order valence-corrected chi connectivity index (χ4v) is 1.73. The Hall–Kier alpha value is -0.350. The molecule has 0 radical (unpaired) electrons. The number of hydrogen-bond acceptors (Lipinski definition) is 1. The highest BCUT2D eigenvalue weighted by Crippen LogP contribution is 2.11. The van der Waals surface area contributed by atoms with Gasteiger partial charge >= 0.3 is 0 Å². The molecule has 0 aliphatic heterocycles. The zero-order chi connectivity index (χ0) is 10.4. The van der Waals surface area contributed by atoms with Gasteiger partial charge in [-0.2, -0.15) is 0 Å². The highest BCUT2D eigenvalue weighted by Gasteiger charge is 2.02. The van der Waals surface area contributed by atoms with Crippen LogP contribution >= 0.6 is 31.9 Å². The molecule has 1 N–H and O–H groups in total. The first kappa shape index (κ1) is 11.7. The molecule has 0 saturated carbocycles. The summed E-state index contributed by atoms with van der Waals surface area (Å²) in [5.41, 5.74) is 1.02. The van der Waals surface area contributed by atoms with Crippen LogP contribution in [0.3, 0.4) is 0 Å². The lowest BCUT2D eigenvalue weighted by Crippen LogP contribution is -2.26. The molecular formula is C10H11Br2NO. The monoisotopic (exact) mass is 319 g/mol. The molecule has 4 heteroatoms. The lowest BCUT2D eigenvalue weighted by Gasteiger charge is -2.03. The first-order valence-electron chi connectivity index (χ1n) is 4.29. The van der Waals surface area contributed by atoms with Crippen LogP contribution in [-0.4, -0.2) is 17.8 Å². The van der Waals surface area contributed by atoms with E-state index in [4.69, 9.17) is 0 Å². The molecule has 1 amide bonds. The van der Waals surface area contributed by atoms with Gasteiger partial charge in [-0.05, 0) is 17.7 Å². The second kappa shape index (κ2) is 6.19. The molecule has 0 aromatic heterocycles. The minimum Gasteiger partial charge on any atom is -0.355 e. The van der Waals surface area contributed by atoms with Crippen LogP contribution in [0.15, 0.2) is 28.7 Å². The molecule has 0 bridgehead atoms. The van der Waals surface area contributed by atoms with Gasteiger partial charge in [0.25, 0.3) is 0 Å². The molecule has 0 heterocycles. The van der Waals surface area contributed by atoms with E-state index in [2.05, 4.69) is 37.2 Å². The summed E-state index contributed by atoms with van der Waals surface area (Å²) < 4.78 is 1.00. The van der Waals surface area contributed by atoms with Crippen molar-refractivity contribution in [1.29, 1.82) is 0 Å². The molecule has 0 saturated heterocycles. The van der Waals surface area contributed by atoms with Gasteiger partial charge in [-0.3, -0.25) is 4.79 Å². The third kappa shape index (κ3) is 4.24. The summed E-state index contributed by atoms with van der Waals surface area (Å²) in [6.45, 7) is 0.673. The second-order valence-electron chi connectivity index (χ2n) is 2.85. The average molecular weight is 321 g/mol. The fraction of sp³-hybridized carbons (Fsp3) is 0.300. The molecular weight excluding hydrogens is 310 g/mol. The summed E-state index contributed by atoms with van der Waals surface area (Å²) in [4.78, 5) is 11.3. The van der Waals surface area contributed by atoms with Crippen molar-refractivity contribution in [2.24, 2.45) is 0 Å². The molecule has 0 spiro atoms. The van der Waals surface area contributed by atoms with E-state index in [1.807, 2.05) is 24.3 Å². The van der Waals surface area contributed by atoms with E-state index in [1.54, 1.807) is 0 Å². The van der Waals surface area contributed by atoms with Gasteiger partial charge in [0.15, 0.2) is 0 Å². The minimum absolute atomic E-state index is 0.0579. The number of carbonyl (C=O) groups is 1. The fourth-order valence-electron chi connectivity index (χ4n) is 1.08. The van der Waals surface area contributed by atoms with E-state index in [-0.39, 0.29) is 5.91 Å². The normalized spacial score (nSPS) is 9.86. The van der Waals surface area contributed by atoms with Gasteiger partial charge in [-0.1, -0.05) is 44.0 Å². The Labute approximate surface area is 100 Å². The quantitative estimate of drug-likeness (QED) is 0.849. The van der Waals surface area contributed by atoms with Gasteiger partial charge in [0, 0.05) is 16.3 Å². The summed E-state index contributed by atoms with van der Waals surface area (Å²) in [6.07, 6.45) is 0.437. The molecule has 1 rings (SSSR count). The van der Waals surface area contributed by atoms with Crippen molar-refractivity contribution in [1.82, 2.24) is 5.32 Å². The van der Waals surface area contributed by atoms with Gasteiger partial charge in [0.2, 0.25) is 5.91 Å². The molecule has 0 fully saturated rings. The van der Waals surface area contributed by atoms with E-state index < -0.39 is 0 Å². The van der Waals surface area contributed by atoms with Gasteiger partial charge in [-0.25, -0.2) is 0 Å². The summed E-state index contributed by atoms with van der Waals surface area (Å²) >= 11 is 6.62. The van der Waals surface area contributed by atoms with Crippen molar-refractivity contribution in [3.8, 4) is 0 Å². The van der Waals surface area contributed by atoms with Gasteiger partial charge in [0.1, 0.15) is 0 Å². The Morgan fingerprint density at radius 1 is 1.43 bits per heavy atom. The van der Waals surface area contributed by atoms with E-state index in [9.17, 15) is 4.79 Å². The summed E-state index contributed by atoms with van der Waals surface area (Å²) in [6, 6.07) is 7.77. The molecule has 14 heavy (non-hydrogen) atoms. The zero-order valence-corrected chi connectivity index (χ0v) is 10.8. The number of halogens is 2. The Bertz CT molecular complexity index is 315. The largest absolute Gasteiger partial charge is 0.355 e. The van der Waals surface area contributed by atoms with Crippen LogP contribution in [0.4, 0.5) is 0 Å². The predicted octanol–water partition coefficient (Wildman–Crippen LogP) is 2.50. The number of nitrogens with one attached hydrogen (secondary N) is 1. The van der Waals surface area contributed by atoms with Crippen LogP contribution in [0.5, 0.6) is 0 Å². The van der Waals surface area contributed by atoms with Crippen molar-refractivity contribution < 1.29 is 4.79 Å². The van der Waals surface area contributed by atoms with Crippen molar-refractivity contribution in [2.45, 2.75) is 6.42 Å². The summed E-state index contributed by atoms with van der Waals surface area (Å²) in [7, 11) is 0. The van der Waals surface area contributed by atoms with Crippen LogP contribution < -0.4 is 5.32 Å². The lowest BCUT2D eigenvalue weighted by molar-refractivity contribution is -0.120. The highest BCUT2D eigenvalue weighted by atomic mass is 79.9. The maximum Gasteiger partial charge on any atom is 0.224 e. The van der Waals surface area contributed by atoms with E-state index in [0.717, 1.165) is 15.4 Å². The van der Waals surface area contributed by atoms with Crippen molar-refractivity contribution in [3.63, 3.8) is 0 Å². The van der Waals surface area contributed by atoms with E-state index >= 15 is 0 Å². The maximum absolute atomic E-state index is 11.3. The number of benzene rings is 1. The Morgan fingerprint density at radius 2 is 2.21 bits per heavy atom. The smallest absolute Gasteiger partial charge is 0.224 e. The third-order valence-corrected chi connectivity index (χ3v) is 2.56. The van der Waals surface area contributed by atoms with E-state index in [0.29, 0.717) is 13.0 Å². The van der Waals surface area contributed by atoms with Crippen LogP contribution in [0.1, 0.15) is 5.56 Å². The number of carbonyl (C=O) groups excluding carboxylic acids is 1. The standard InChI is InChI=1S/C10H11Br2NO/c11-4-5-13-10(14)7-8-2-1-3-9(12)6-8/h1-3,6H,4-5,7H2,(H,13,14). The molecule has 1 aromatic rings. The molecule has 0 aliphatic rings. The second-order valence-corrected chi connectivity index (χ2v) is 4.55. The van der Waals surface area contributed by atoms with Crippen molar-refractivity contribution in [3.05, 3.63) is 34.3 Å². The molecule has 0 aliphatic carbocycles. The van der Waals surface area contributed by atoms with Crippen LogP contribution in [0, 0.1) is 0 Å². The first-order chi connectivity index (χ1) is 6.72. The van der Waals surface area contributed by atoms with Gasteiger partial charge in [-0.15, -0.1) is 0 Å². The SMILES string of the molecule is O=C(Cc1cccc(Br)c1)NCCBr. The van der Waals surface area contributed by atoms with Crippen molar-refractivity contribution >= 4 is 37.8 Å². The minimum atomic E-state index is 0.0579. The molecule has 1 aromatic carbocycles. The van der Waals surface area contributed by atoms with Crippen molar-refractivity contribution in [2.75, 3.05) is 11.9 Å². The van der Waals surface area contributed by atoms with Gasteiger partial charge in [0.05, 0.1) is 6.42 Å². The zero-order valence-electron chi connectivity index (χ0n) is 7.59. The molecule has 0 unspecified atom stereocenters.